The Bertz CT molecular complexity index is 1140. The second-order valence-corrected chi connectivity index (χ2v) is 10.3. The van der Waals surface area contributed by atoms with Crippen molar-refractivity contribution >= 4 is 22.7 Å². The summed E-state index contributed by atoms with van der Waals surface area (Å²) in [5, 5.41) is 1.12. The van der Waals surface area contributed by atoms with Crippen molar-refractivity contribution in [3.8, 4) is 0 Å². The van der Waals surface area contributed by atoms with Crippen molar-refractivity contribution < 1.29 is 9.59 Å². The van der Waals surface area contributed by atoms with Crippen molar-refractivity contribution in [3.05, 3.63) is 71.4 Å². The number of nitrogens with zero attached hydrogens (tertiary/aromatic N) is 2. The lowest BCUT2D eigenvalue weighted by molar-refractivity contribution is -0.136. The van der Waals surface area contributed by atoms with Gasteiger partial charge in [-0.15, -0.1) is 0 Å². The van der Waals surface area contributed by atoms with Gasteiger partial charge in [-0.3, -0.25) is 14.2 Å². The molecule has 0 saturated heterocycles. The summed E-state index contributed by atoms with van der Waals surface area (Å²) in [5.74, 6) is 0.340. The topological polar surface area (TPSA) is 42.3 Å². The van der Waals surface area contributed by atoms with Gasteiger partial charge >= 0.3 is 0 Å². The van der Waals surface area contributed by atoms with Gasteiger partial charge in [0.25, 0.3) is 5.91 Å². The second-order valence-electron chi connectivity index (χ2n) is 10.3. The fraction of sp³-hybridized carbons (Fsp3) is 0.500. The van der Waals surface area contributed by atoms with Crippen LogP contribution < -0.4 is 0 Å². The molecule has 1 unspecified atom stereocenters. The zero-order valence-corrected chi connectivity index (χ0v) is 22.2. The molecule has 4 nitrogen and oxygen atoms in total. The molecule has 0 spiro atoms. The van der Waals surface area contributed by atoms with Crippen LogP contribution in [0.25, 0.3) is 10.9 Å². The third kappa shape index (κ3) is 5.91. The number of benzene rings is 2. The van der Waals surface area contributed by atoms with E-state index in [1.165, 1.54) is 44.1 Å². The molecule has 192 valence electrons. The van der Waals surface area contributed by atoms with Gasteiger partial charge in [0, 0.05) is 35.7 Å². The van der Waals surface area contributed by atoms with Crippen molar-refractivity contribution in [2.24, 2.45) is 5.92 Å². The first-order valence-corrected chi connectivity index (χ1v) is 14.1. The molecule has 0 radical (unpaired) electrons. The maximum atomic E-state index is 13.8. The van der Waals surface area contributed by atoms with Crippen molar-refractivity contribution in [2.45, 2.75) is 84.5 Å². The fourth-order valence-electron chi connectivity index (χ4n) is 5.71. The minimum atomic E-state index is 0.000865. The zero-order valence-electron chi connectivity index (χ0n) is 22.2. The van der Waals surface area contributed by atoms with E-state index in [-0.39, 0.29) is 11.8 Å². The molecule has 1 atom stereocenters. The largest absolute Gasteiger partial charge is 0.342 e. The summed E-state index contributed by atoms with van der Waals surface area (Å²) in [6, 6.07) is 17.7. The van der Waals surface area contributed by atoms with E-state index in [4.69, 9.17) is 0 Å². The molecule has 1 heterocycles. The Morgan fingerprint density at radius 2 is 1.47 bits per heavy atom. The van der Waals surface area contributed by atoms with Gasteiger partial charge in [0.05, 0.1) is 5.52 Å². The van der Waals surface area contributed by atoms with Gasteiger partial charge in [-0.1, -0.05) is 88.8 Å². The Morgan fingerprint density at radius 3 is 2.14 bits per heavy atom. The van der Waals surface area contributed by atoms with E-state index in [9.17, 15) is 9.59 Å². The number of para-hydroxylation sites is 1. The van der Waals surface area contributed by atoms with Gasteiger partial charge < -0.3 is 4.90 Å². The van der Waals surface area contributed by atoms with E-state index in [0.29, 0.717) is 11.5 Å². The molecule has 1 aliphatic carbocycles. The van der Waals surface area contributed by atoms with E-state index < -0.39 is 0 Å². The van der Waals surface area contributed by atoms with Crippen LogP contribution >= 0.6 is 0 Å². The van der Waals surface area contributed by atoms with Crippen molar-refractivity contribution in [1.82, 2.24) is 9.47 Å². The molecule has 4 heteroatoms. The molecule has 1 amide bonds. The molecular weight excluding hydrogens is 444 g/mol. The fourth-order valence-corrected chi connectivity index (χ4v) is 5.71. The second kappa shape index (κ2) is 12.9. The number of carbonyl (C=O) groups excluding carboxylic acids is 2. The molecular formula is C32H42N2O2. The molecule has 0 fully saturated rings. The van der Waals surface area contributed by atoms with E-state index in [0.717, 1.165) is 61.8 Å². The average Bonchev–Trinajstić information content (AvgIpc) is 3.25. The van der Waals surface area contributed by atoms with Gasteiger partial charge in [0.1, 0.15) is 0 Å². The Morgan fingerprint density at radius 1 is 0.833 bits per heavy atom. The van der Waals surface area contributed by atoms with Crippen LogP contribution in [0.3, 0.4) is 0 Å². The highest BCUT2D eigenvalue weighted by Crippen LogP contribution is 2.35. The van der Waals surface area contributed by atoms with E-state index >= 15 is 0 Å². The van der Waals surface area contributed by atoms with Crippen LogP contribution in [0.1, 0.15) is 93.3 Å². The standard InChI is InChI=1S/C32H42N2O2/c1-3-5-7-14-22-33(23-15-8-6-4-2)31(35)26-20-21-30-28(24-26)27-18-12-13-19-29(27)34(30)32(36)25-16-10-9-11-17-25/h9-13,16-19,26H,3-8,14-15,20-24H2,1-2H3. The highest BCUT2D eigenvalue weighted by atomic mass is 16.2. The van der Waals surface area contributed by atoms with Gasteiger partial charge in [-0.05, 0) is 55.9 Å². The first-order chi connectivity index (χ1) is 17.7. The van der Waals surface area contributed by atoms with Crippen molar-refractivity contribution in [3.63, 3.8) is 0 Å². The molecule has 4 rings (SSSR count). The number of hydrogen-bond donors (Lipinski definition) is 0. The van der Waals surface area contributed by atoms with Gasteiger partial charge in [0.2, 0.25) is 5.91 Å². The molecule has 0 bridgehead atoms. The maximum absolute atomic E-state index is 13.8. The smallest absolute Gasteiger partial charge is 0.262 e. The third-order valence-electron chi connectivity index (χ3n) is 7.72. The molecule has 3 aromatic rings. The maximum Gasteiger partial charge on any atom is 0.262 e. The predicted molar refractivity (Wildman–Crippen MR) is 148 cm³/mol. The summed E-state index contributed by atoms with van der Waals surface area (Å²) in [4.78, 5) is 29.5. The van der Waals surface area contributed by atoms with Gasteiger partial charge in [0.15, 0.2) is 0 Å². The molecule has 36 heavy (non-hydrogen) atoms. The number of hydrogen-bond acceptors (Lipinski definition) is 2. The lowest BCUT2D eigenvalue weighted by Gasteiger charge is -2.30. The number of unbranched alkanes of at least 4 members (excludes halogenated alkanes) is 6. The van der Waals surface area contributed by atoms with E-state index in [2.05, 4.69) is 24.8 Å². The Balaban J connectivity index is 1.57. The minimum Gasteiger partial charge on any atom is -0.342 e. The van der Waals surface area contributed by atoms with Crippen LogP contribution in [0, 0.1) is 5.92 Å². The first kappa shape index (κ1) is 26.2. The minimum absolute atomic E-state index is 0.000865. The van der Waals surface area contributed by atoms with Crippen LogP contribution in [0.4, 0.5) is 0 Å². The number of aromatic nitrogens is 1. The van der Waals surface area contributed by atoms with Crippen LogP contribution in [-0.2, 0) is 17.6 Å². The van der Waals surface area contributed by atoms with Gasteiger partial charge in [-0.2, -0.15) is 0 Å². The summed E-state index contributed by atoms with van der Waals surface area (Å²) in [6.07, 6.45) is 11.8. The Labute approximate surface area is 216 Å². The number of fused-ring (bicyclic) bond motifs is 3. The highest BCUT2D eigenvalue weighted by Gasteiger charge is 2.33. The summed E-state index contributed by atoms with van der Waals surface area (Å²) in [7, 11) is 0. The van der Waals surface area contributed by atoms with Crippen LogP contribution in [0.2, 0.25) is 0 Å². The summed E-state index contributed by atoms with van der Waals surface area (Å²) < 4.78 is 1.91. The van der Waals surface area contributed by atoms with Crippen LogP contribution in [0.5, 0.6) is 0 Å². The Hall–Kier alpha value is -2.88. The van der Waals surface area contributed by atoms with Crippen molar-refractivity contribution in [1.29, 1.82) is 0 Å². The summed E-state index contributed by atoms with van der Waals surface area (Å²) >= 11 is 0. The highest BCUT2D eigenvalue weighted by molar-refractivity contribution is 6.04. The number of rotatable bonds is 12. The average molecular weight is 487 g/mol. The predicted octanol–water partition coefficient (Wildman–Crippen LogP) is 7.42. The SMILES string of the molecule is CCCCCCN(CCCCCC)C(=O)C1CCc2c(c3ccccc3n2C(=O)c2ccccc2)C1. The molecule has 1 aliphatic rings. The lowest BCUT2D eigenvalue weighted by atomic mass is 9.85. The van der Waals surface area contributed by atoms with Crippen LogP contribution in [0.15, 0.2) is 54.6 Å². The third-order valence-corrected chi connectivity index (χ3v) is 7.72. The van der Waals surface area contributed by atoms with Gasteiger partial charge in [-0.25, -0.2) is 0 Å². The summed E-state index contributed by atoms with van der Waals surface area (Å²) in [5.41, 5.74) is 3.94. The monoisotopic (exact) mass is 486 g/mol. The molecule has 2 aromatic carbocycles. The van der Waals surface area contributed by atoms with Crippen molar-refractivity contribution in [2.75, 3.05) is 13.1 Å². The van der Waals surface area contributed by atoms with E-state index in [1.807, 2.05) is 53.1 Å². The number of amides is 1. The first-order valence-electron chi connectivity index (χ1n) is 14.1. The quantitative estimate of drug-likeness (QED) is 0.250. The normalized spacial score (nSPS) is 15.1. The lowest BCUT2D eigenvalue weighted by Crippen LogP contribution is -2.40. The molecule has 1 aromatic heterocycles. The Kier molecular flexibility index (Phi) is 9.38. The molecule has 0 aliphatic heterocycles. The molecule has 0 saturated carbocycles. The van der Waals surface area contributed by atoms with E-state index in [1.54, 1.807) is 0 Å². The van der Waals surface area contributed by atoms with Crippen LogP contribution in [-0.4, -0.2) is 34.4 Å². The summed E-state index contributed by atoms with van der Waals surface area (Å²) in [6.45, 7) is 6.21. The zero-order chi connectivity index (χ0) is 25.3. The number of carbonyl (C=O) groups is 2. The molecule has 0 N–H and O–H groups in total.